The van der Waals surface area contributed by atoms with Crippen LogP contribution in [0.3, 0.4) is 0 Å². The molecule has 7 nitrogen and oxygen atoms in total. The molecule has 0 atom stereocenters. The summed E-state index contributed by atoms with van der Waals surface area (Å²) in [6.07, 6.45) is 0. The Morgan fingerprint density at radius 2 is 1.47 bits per heavy atom. The Kier molecular flexibility index (Phi) is 7.81. The highest BCUT2D eigenvalue weighted by Gasteiger charge is 2.13. The smallest absolute Gasteiger partial charge is 0.269 e. The Balaban J connectivity index is 1.61. The number of hydrogen-bond donors (Lipinski definition) is 2. The molecule has 0 radical (unpaired) electrons. The van der Waals surface area contributed by atoms with E-state index in [-0.39, 0.29) is 12.2 Å². The molecule has 0 unspecified atom stereocenters. The van der Waals surface area contributed by atoms with Crippen LogP contribution in [0, 0.1) is 0 Å². The number of amides is 2. The van der Waals surface area contributed by atoms with E-state index in [1.807, 2.05) is 6.07 Å². The van der Waals surface area contributed by atoms with Gasteiger partial charge in [-0.1, -0.05) is 35.3 Å². The third kappa shape index (κ3) is 6.06. The maximum absolute atomic E-state index is 12.5. The second kappa shape index (κ2) is 10.7. The van der Waals surface area contributed by atoms with Crippen LogP contribution in [0.1, 0.15) is 26.3 Å². The van der Waals surface area contributed by atoms with Gasteiger partial charge in [0, 0.05) is 22.2 Å². The average Bonchev–Trinajstić information content (AvgIpc) is 2.81. The highest BCUT2D eigenvalue weighted by molar-refractivity contribution is 6.35. The molecule has 2 amide bonds. The van der Waals surface area contributed by atoms with E-state index in [1.54, 1.807) is 42.5 Å². The summed E-state index contributed by atoms with van der Waals surface area (Å²) < 4.78 is 16.0. The number of benzene rings is 3. The lowest BCUT2D eigenvalue weighted by molar-refractivity contribution is 0.0846. The molecule has 3 rings (SSSR count). The van der Waals surface area contributed by atoms with Crippen LogP contribution in [0.15, 0.2) is 60.7 Å². The van der Waals surface area contributed by atoms with Gasteiger partial charge in [-0.3, -0.25) is 20.4 Å². The fourth-order valence-electron chi connectivity index (χ4n) is 2.75. The number of carbonyl (C=O) groups excluding carboxylic acids is 2. The topological polar surface area (TPSA) is 85.9 Å². The summed E-state index contributed by atoms with van der Waals surface area (Å²) in [5.74, 6) is 0.377. The molecule has 2 N–H and O–H groups in total. The number of methoxy groups -OCH3 is 2. The first-order valence-corrected chi connectivity index (χ1v) is 10.2. The Morgan fingerprint density at radius 3 is 2.09 bits per heavy atom. The van der Waals surface area contributed by atoms with E-state index >= 15 is 0 Å². The van der Waals surface area contributed by atoms with Crippen molar-refractivity contribution in [3.8, 4) is 17.2 Å². The van der Waals surface area contributed by atoms with Crippen LogP contribution >= 0.6 is 23.2 Å². The lowest BCUT2D eigenvalue weighted by atomic mass is 10.1. The number of halogens is 2. The lowest BCUT2D eigenvalue weighted by Gasteiger charge is -2.11. The maximum atomic E-state index is 12.5. The molecule has 0 saturated heterocycles. The van der Waals surface area contributed by atoms with Gasteiger partial charge < -0.3 is 14.2 Å². The summed E-state index contributed by atoms with van der Waals surface area (Å²) in [7, 11) is 2.96. The Labute approximate surface area is 195 Å². The van der Waals surface area contributed by atoms with Gasteiger partial charge in [-0.05, 0) is 48.0 Å². The van der Waals surface area contributed by atoms with E-state index in [4.69, 9.17) is 37.4 Å². The van der Waals surface area contributed by atoms with Gasteiger partial charge in [-0.2, -0.15) is 0 Å². The van der Waals surface area contributed by atoms with Crippen molar-refractivity contribution in [2.24, 2.45) is 0 Å². The summed E-state index contributed by atoms with van der Waals surface area (Å²) in [4.78, 5) is 24.9. The number of ether oxygens (including phenoxy) is 3. The second-order valence-corrected chi connectivity index (χ2v) is 7.42. The van der Waals surface area contributed by atoms with Gasteiger partial charge in [-0.25, -0.2) is 0 Å². The van der Waals surface area contributed by atoms with Crippen molar-refractivity contribution in [3.63, 3.8) is 0 Å². The highest BCUT2D eigenvalue weighted by Crippen LogP contribution is 2.28. The van der Waals surface area contributed by atoms with Gasteiger partial charge in [0.2, 0.25) is 0 Å². The third-order valence-corrected chi connectivity index (χ3v) is 4.91. The normalized spacial score (nSPS) is 10.2. The number of hydrogen-bond acceptors (Lipinski definition) is 5. The summed E-state index contributed by atoms with van der Waals surface area (Å²) in [5.41, 5.74) is 6.13. The molecule has 0 heterocycles. The summed E-state index contributed by atoms with van der Waals surface area (Å²) in [6.45, 7) is 0.193. The maximum Gasteiger partial charge on any atom is 0.269 e. The number of carbonyl (C=O) groups is 2. The molecule has 0 aliphatic rings. The molecule has 3 aromatic rings. The van der Waals surface area contributed by atoms with Gasteiger partial charge >= 0.3 is 0 Å². The highest BCUT2D eigenvalue weighted by atomic mass is 35.5. The van der Waals surface area contributed by atoms with Crippen LogP contribution in [0.25, 0.3) is 0 Å². The Bertz CT molecular complexity index is 1110. The van der Waals surface area contributed by atoms with Gasteiger partial charge in [0.05, 0.1) is 19.2 Å². The molecule has 0 spiro atoms. The van der Waals surface area contributed by atoms with E-state index < -0.39 is 11.8 Å². The standard InChI is InChI=1S/C23H20Cl2N2O5/c1-30-18-9-16(10-19(12-18)31-2)23(29)27-26-22(28)15-5-3-4-14(8-15)13-32-21-7-6-17(24)11-20(21)25/h3-12H,13H2,1-2H3,(H,26,28)(H,27,29). The summed E-state index contributed by atoms with van der Waals surface area (Å²) in [6, 6.07) is 16.4. The molecular weight excluding hydrogens is 455 g/mol. The molecular formula is C23H20Cl2N2O5. The fourth-order valence-corrected chi connectivity index (χ4v) is 3.22. The van der Waals surface area contributed by atoms with Crippen LogP contribution in [0.5, 0.6) is 17.2 Å². The van der Waals surface area contributed by atoms with Crippen LogP contribution < -0.4 is 25.1 Å². The largest absolute Gasteiger partial charge is 0.497 e. The van der Waals surface area contributed by atoms with Crippen molar-refractivity contribution in [3.05, 3.63) is 87.4 Å². The first-order valence-electron chi connectivity index (χ1n) is 9.40. The molecule has 0 saturated carbocycles. The second-order valence-electron chi connectivity index (χ2n) is 6.57. The average molecular weight is 475 g/mol. The quantitative estimate of drug-likeness (QED) is 0.486. The molecule has 0 aliphatic carbocycles. The van der Waals surface area contributed by atoms with Gasteiger partial charge in [0.25, 0.3) is 11.8 Å². The molecule has 166 valence electrons. The molecule has 0 aliphatic heterocycles. The molecule has 0 aromatic heterocycles. The van der Waals surface area contributed by atoms with Gasteiger partial charge in [0.15, 0.2) is 0 Å². The minimum Gasteiger partial charge on any atom is -0.497 e. The number of hydrazine groups is 1. The minimum absolute atomic E-state index is 0.193. The van der Waals surface area contributed by atoms with Crippen LogP contribution in [-0.2, 0) is 6.61 Å². The van der Waals surface area contributed by atoms with E-state index in [2.05, 4.69) is 10.9 Å². The van der Waals surface area contributed by atoms with Crippen molar-refractivity contribution in [2.75, 3.05) is 14.2 Å². The van der Waals surface area contributed by atoms with E-state index in [0.29, 0.717) is 32.9 Å². The van der Waals surface area contributed by atoms with Crippen molar-refractivity contribution in [1.82, 2.24) is 10.9 Å². The monoisotopic (exact) mass is 474 g/mol. The first-order chi connectivity index (χ1) is 15.4. The minimum atomic E-state index is -0.521. The van der Waals surface area contributed by atoms with Gasteiger partial charge in [0.1, 0.15) is 23.9 Å². The van der Waals surface area contributed by atoms with Crippen molar-refractivity contribution in [1.29, 1.82) is 0 Å². The van der Waals surface area contributed by atoms with Crippen LogP contribution in [0.2, 0.25) is 10.0 Å². The van der Waals surface area contributed by atoms with E-state index in [1.165, 1.54) is 26.4 Å². The zero-order valence-corrected chi connectivity index (χ0v) is 18.8. The molecule has 0 fully saturated rings. The van der Waals surface area contributed by atoms with Crippen LogP contribution in [0.4, 0.5) is 0 Å². The molecule has 9 heteroatoms. The van der Waals surface area contributed by atoms with Crippen LogP contribution in [-0.4, -0.2) is 26.0 Å². The van der Waals surface area contributed by atoms with Crippen molar-refractivity contribution in [2.45, 2.75) is 6.61 Å². The number of nitrogens with one attached hydrogen (secondary N) is 2. The molecule has 0 bridgehead atoms. The molecule has 3 aromatic carbocycles. The van der Waals surface area contributed by atoms with Gasteiger partial charge in [-0.15, -0.1) is 0 Å². The Morgan fingerprint density at radius 1 is 0.812 bits per heavy atom. The van der Waals surface area contributed by atoms with Crippen molar-refractivity contribution >= 4 is 35.0 Å². The SMILES string of the molecule is COc1cc(OC)cc(C(=O)NNC(=O)c2cccc(COc3ccc(Cl)cc3Cl)c2)c1. The molecule has 32 heavy (non-hydrogen) atoms. The Hall–Kier alpha value is -3.42. The first kappa shape index (κ1) is 23.2. The third-order valence-electron chi connectivity index (χ3n) is 4.38. The van der Waals surface area contributed by atoms with Crippen molar-refractivity contribution < 1.29 is 23.8 Å². The zero-order chi connectivity index (χ0) is 23.1. The zero-order valence-electron chi connectivity index (χ0n) is 17.3. The summed E-state index contributed by atoms with van der Waals surface area (Å²) >= 11 is 12.0. The summed E-state index contributed by atoms with van der Waals surface area (Å²) in [5, 5.41) is 0.902. The predicted octanol–water partition coefficient (Wildman–Crippen LogP) is 4.66. The van der Waals surface area contributed by atoms with E-state index in [0.717, 1.165) is 5.56 Å². The fraction of sp³-hybridized carbons (Fsp3) is 0.130. The van der Waals surface area contributed by atoms with E-state index in [9.17, 15) is 9.59 Å². The number of rotatable bonds is 7. The lowest BCUT2D eigenvalue weighted by Crippen LogP contribution is -2.41. The predicted molar refractivity (Wildman–Crippen MR) is 122 cm³/mol.